The van der Waals surface area contributed by atoms with Crippen LogP contribution in [-0.4, -0.2) is 24.3 Å². The number of rotatable bonds is 8. The van der Waals surface area contributed by atoms with E-state index in [2.05, 4.69) is 12.1 Å². The van der Waals surface area contributed by atoms with Gasteiger partial charge in [0.25, 0.3) is 0 Å². The first kappa shape index (κ1) is 15.7. The summed E-state index contributed by atoms with van der Waals surface area (Å²) in [6.07, 6.45) is 2.32. The molecule has 0 aliphatic rings. The van der Waals surface area contributed by atoms with Crippen molar-refractivity contribution >= 4 is 5.97 Å². The van der Waals surface area contributed by atoms with Gasteiger partial charge in [-0.1, -0.05) is 37.3 Å². The van der Waals surface area contributed by atoms with Crippen molar-refractivity contribution in [3.05, 3.63) is 35.9 Å². The first-order chi connectivity index (χ1) is 9.17. The lowest BCUT2D eigenvalue weighted by Gasteiger charge is -2.18. The van der Waals surface area contributed by atoms with Crippen LogP contribution in [0.2, 0.25) is 0 Å². The average Bonchev–Trinajstić information content (AvgIpc) is 2.44. The van der Waals surface area contributed by atoms with Crippen LogP contribution in [0, 0.1) is 11.8 Å². The van der Waals surface area contributed by atoms with Crippen LogP contribution in [0.25, 0.3) is 0 Å². The minimum absolute atomic E-state index is 0.112. The van der Waals surface area contributed by atoms with E-state index in [0.717, 1.165) is 12.8 Å². The molecule has 2 atom stereocenters. The van der Waals surface area contributed by atoms with Crippen molar-refractivity contribution in [3.8, 4) is 0 Å². The van der Waals surface area contributed by atoms with E-state index in [4.69, 9.17) is 9.84 Å². The second-order valence-corrected chi connectivity index (χ2v) is 5.00. The Bertz CT molecular complexity index is 362. The van der Waals surface area contributed by atoms with Gasteiger partial charge in [0, 0.05) is 6.61 Å². The zero-order valence-electron chi connectivity index (χ0n) is 11.8. The second-order valence-electron chi connectivity index (χ2n) is 5.00. The Morgan fingerprint density at radius 2 is 2.00 bits per heavy atom. The molecule has 1 N–H and O–H groups in total. The van der Waals surface area contributed by atoms with E-state index in [0.29, 0.717) is 13.0 Å². The smallest absolute Gasteiger partial charge is 0.308 e. The fourth-order valence-corrected chi connectivity index (χ4v) is 2.14. The van der Waals surface area contributed by atoms with Crippen molar-refractivity contribution in [2.45, 2.75) is 33.1 Å². The van der Waals surface area contributed by atoms with Gasteiger partial charge in [0.05, 0.1) is 12.5 Å². The Morgan fingerprint density at radius 3 is 2.58 bits per heavy atom. The number of aliphatic hydroxyl groups is 1. The van der Waals surface area contributed by atoms with Crippen molar-refractivity contribution < 1.29 is 14.6 Å². The van der Waals surface area contributed by atoms with Gasteiger partial charge in [0.2, 0.25) is 0 Å². The Kier molecular flexibility index (Phi) is 7.19. The van der Waals surface area contributed by atoms with E-state index < -0.39 is 0 Å². The van der Waals surface area contributed by atoms with E-state index in [1.807, 2.05) is 32.0 Å². The van der Waals surface area contributed by atoms with Crippen molar-refractivity contribution in [3.63, 3.8) is 0 Å². The lowest BCUT2D eigenvalue weighted by Crippen LogP contribution is -2.22. The molecular weight excluding hydrogens is 240 g/mol. The molecule has 0 aliphatic carbocycles. The quantitative estimate of drug-likeness (QED) is 0.734. The minimum atomic E-state index is -0.140. The highest BCUT2D eigenvalue weighted by atomic mass is 16.5. The Balaban J connectivity index is 2.55. The SMILES string of the molecule is CCOC(=O)C(CCc1ccccc1)CC(C)CO. The van der Waals surface area contributed by atoms with Crippen LogP contribution in [0.1, 0.15) is 32.3 Å². The van der Waals surface area contributed by atoms with Gasteiger partial charge in [-0.05, 0) is 37.7 Å². The Hall–Kier alpha value is -1.35. The summed E-state index contributed by atoms with van der Waals surface area (Å²) in [5.41, 5.74) is 1.23. The van der Waals surface area contributed by atoms with Gasteiger partial charge in [0.1, 0.15) is 0 Å². The zero-order chi connectivity index (χ0) is 14.1. The van der Waals surface area contributed by atoms with Gasteiger partial charge >= 0.3 is 5.97 Å². The molecule has 0 amide bonds. The number of aryl methyl sites for hydroxylation is 1. The lowest BCUT2D eigenvalue weighted by molar-refractivity contribution is -0.149. The third-order valence-corrected chi connectivity index (χ3v) is 3.24. The molecule has 106 valence electrons. The zero-order valence-corrected chi connectivity index (χ0v) is 11.8. The molecule has 0 aromatic heterocycles. The van der Waals surface area contributed by atoms with Crippen LogP contribution in [0.5, 0.6) is 0 Å². The monoisotopic (exact) mass is 264 g/mol. The highest BCUT2D eigenvalue weighted by Gasteiger charge is 2.21. The number of aliphatic hydroxyl groups excluding tert-OH is 1. The van der Waals surface area contributed by atoms with Gasteiger partial charge in [-0.3, -0.25) is 4.79 Å². The van der Waals surface area contributed by atoms with Crippen LogP contribution < -0.4 is 0 Å². The lowest BCUT2D eigenvalue weighted by atomic mass is 9.91. The fourth-order valence-electron chi connectivity index (χ4n) is 2.14. The van der Waals surface area contributed by atoms with Crippen LogP contribution in [0.15, 0.2) is 30.3 Å². The van der Waals surface area contributed by atoms with E-state index in [9.17, 15) is 4.79 Å². The van der Waals surface area contributed by atoms with E-state index in [1.54, 1.807) is 0 Å². The summed E-state index contributed by atoms with van der Waals surface area (Å²) in [6, 6.07) is 10.1. The molecule has 0 saturated carbocycles. The molecule has 0 bridgehead atoms. The molecule has 0 heterocycles. The predicted octanol–water partition coefficient (Wildman–Crippen LogP) is 2.82. The minimum Gasteiger partial charge on any atom is -0.466 e. The van der Waals surface area contributed by atoms with Crippen LogP contribution >= 0.6 is 0 Å². The average molecular weight is 264 g/mol. The van der Waals surface area contributed by atoms with Crippen molar-refractivity contribution in [1.29, 1.82) is 0 Å². The molecule has 2 unspecified atom stereocenters. The van der Waals surface area contributed by atoms with E-state index >= 15 is 0 Å². The van der Waals surface area contributed by atoms with Gasteiger partial charge in [-0.2, -0.15) is 0 Å². The standard InChI is InChI=1S/C16H24O3/c1-3-19-16(18)15(11-13(2)12-17)10-9-14-7-5-4-6-8-14/h4-8,13,15,17H,3,9-12H2,1-2H3. The van der Waals surface area contributed by atoms with Crippen LogP contribution in [0.3, 0.4) is 0 Å². The van der Waals surface area contributed by atoms with Gasteiger partial charge in [-0.25, -0.2) is 0 Å². The number of ether oxygens (including phenoxy) is 1. The molecule has 0 radical (unpaired) electrons. The van der Waals surface area contributed by atoms with Crippen LogP contribution in [-0.2, 0) is 16.0 Å². The van der Waals surface area contributed by atoms with Crippen molar-refractivity contribution in [2.75, 3.05) is 13.2 Å². The van der Waals surface area contributed by atoms with Gasteiger partial charge < -0.3 is 9.84 Å². The first-order valence-corrected chi connectivity index (χ1v) is 6.98. The number of carbonyl (C=O) groups excluding carboxylic acids is 1. The number of hydrogen-bond donors (Lipinski definition) is 1. The maximum atomic E-state index is 11.9. The third-order valence-electron chi connectivity index (χ3n) is 3.24. The maximum Gasteiger partial charge on any atom is 0.308 e. The topological polar surface area (TPSA) is 46.5 Å². The number of esters is 1. The summed E-state index contributed by atoms with van der Waals surface area (Å²) < 4.78 is 5.12. The largest absolute Gasteiger partial charge is 0.466 e. The third kappa shape index (κ3) is 5.88. The predicted molar refractivity (Wildman–Crippen MR) is 75.8 cm³/mol. The normalized spacial score (nSPS) is 13.8. The summed E-state index contributed by atoms with van der Waals surface area (Å²) in [5, 5.41) is 9.13. The number of hydrogen-bond acceptors (Lipinski definition) is 3. The van der Waals surface area contributed by atoms with Crippen molar-refractivity contribution in [1.82, 2.24) is 0 Å². The number of benzene rings is 1. The first-order valence-electron chi connectivity index (χ1n) is 6.98. The second kappa shape index (κ2) is 8.70. The van der Waals surface area contributed by atoms with Crippen molar-refractivity contribution in [2.24, 2.45) is 11.8 Å². The molecule has 0 spiro atoms. The molecule has 0 saturated heterocycles. The Labute approximate surface area is 115 Å². The maximum absolute atomic E-state index is 11.9. The van der Waals surface area contributed by atoms with Crippen LogP contribution in [0.4, 0.5) is 0 Å². The molecule has 1 aromatic rings. The summed E-state index contributed by atoms with van der Waals surface area (Å²) in [7, 11) is 0. The summed E-state index contributed by atoms with van der Waals surface area (Å²) in [5.74, 6) is -0.133. The number of carbonyl (C=O) groups is 1. The van der Waals surface area contributed by atoms with Gasteiger partial charge in [-0.15, -0.1) is 0 Å². The van der Waals surface area contributed by atoms with E-state index in [1.165, 1.54) is 5.56 Å². The molecule has 1 aromatic carbocycles. The molecule has 0 aliphatic heterocycles. The molecule has 3 nitrogen and oxygen atoms in total. The summed E-state index contributed by atoms with van der Waals surface area (Å²) >= 11 is 0. The molecule has 1 rings (SSSR count). The summed E-state index contributed by atoms with van der Waals surface area (Å²) in [6.45, 7) is 4.30. The molecule has 19 heavy (non-hydrogen) atoms. The highest BCUT2D eigenvalue weighted by molar-refractivity contribution is 5.72. The molecular formula is C16H24O3. The summed E-state index contributed by atoms with van der Waals surface area (Å²) in [4.78, 5) is 11.9. The fraction of sp³-hybridized carbons (Fsp3) is 0.562. The molecule has 3 heteroatoms. The van der Waals surface area contributed by atoms with E-state index in [-0.39, 0.29) is 24.4 Å². The molecule has 0 fully saturated rings. The van der Waals surface area contributed by atoms with Gasteiger partial charge in [0.15, 0.2) is 0 Å². The Morgan fingerprint density at radius 1 is 1.32 bits per heavy atom. The highest BCUT2D eigenvalue weighted by Crippen LogP contribution is 2.20.